The van der Waals surface area contributed by atoms with Crippen LogP contribution in [0.5, 0.6) is 17.2 Å². The van der Waals surface area contributed by atoms with E-state index in [9.17, 15) is 0 Å². The van der Waals surface area contributed by atoms with Crippen molar-refractivity contribution in [3.8, 4) is 40.3 Å². The minimum atomic E-state index is 0.219. The Morgan fingerprint density at radius 2 is 1.81 bits per heavy atom. The van der Waals surface area contributed by atoms with Crippen LogP contribution in [0.2, 0.25) is 0 Å². The fourth-order valence-electron chi connectivity index (χ4n) is 2.88. The first-order chi connectivity index (χ1) is 12.8. The van der Waals surface area contributed by atoms with E-state index in [1.165, 1.54) is 0 Å². The Hall–Kier alpha value is -3.61. The topological polar surface area (TPSA) is 79.5 Å². The number of rotatable bonds is 3. The molecule has 0 radical (unpaired) electrons. The van der Waals surface area contributed by atoms with Crippen LogP contribution in [0.4, 0.5) is 0 Å². The van der Waals surface area contributed by atoms with Crippen molar-refractivity contribution in [2.24, 2.45) is 0 Å². The summed E-state index contributed by atoms with van der Waals surface area (Å²) in [6.45, 7) is 0.219. The molecule has 0 saturated heterocycles. The van der Waals surface area contributed by atoms with Gasteiger partial charge in [-0.25, -0.2) is 4.98 Å². The summed E-state index contributed by atoms with van der Waals surface area (Å²) < 4.78 is 21.9. The van der Waals surface area contributed by atoms with Gasteiger partial charge in [0.1, 0.15) is 17.0 Å². The van der Waals surface area contributed by atoms with Gasteiger partial charge < -0.3 is 18.6 Å². The van der Waals surface area contributed by atoms with Crippen molar-refractivity contribution in [1.82, 2.24) is 15.2 Å². The third-order valence-electron chi connectivity index (χ3n) is 4.17. The molecular formula is C19H13N3O4. The molecule has 26 heavy (non-hydrogen) atoms. The third-order valence-corrected chi connectivity index (χ3v) is 4.17. The minimum Gasteiger partial charge on any atom is -0.494 e. The Kier molecular flexibility index (Phi) is 3.24. The number of ether oxygens (including phenoxy) is 3. The Morgan fingerprint density at radius 3 is 2.73 bits per heavy atom. The van der Waals surface area contributed by atoms with Crippen LogP contribution in [0.3, 0.4) is 0 Å². The second-order valence-electron chi connectivity index (χ2n) is 5.71. The van der Waals surface area contributed by atoms with Gasteiger partial charge in [0.25, 0.3) is 5.89 Å². The summed E-state index contributed by atoms with van der Waals surface area (Å²) in [6.07, 6.45) is 0. The first-order valence-electron chi connectivity index (χ1n) is 7.99. The maximum Gasteiger partial charge on any atom is 0.266 e. The smallest absolute Gasteiger partial charge is 0.266 e. The van der Waals surface area contributed by atoms with Crippen LogP contribution in [0.15, 0.2) is 52.9 Å². The molecule has 0 unspecified atom stereocenters. The summed E-state index contributed by atoms with van der Waals surface area (Å²) in [7, 11) is 1.62. The van der Waals surface area contributed by atoms with Gasteiger partial charge in [-0.3, -0.25) is 0 Å². The molecule has 4 aromatic rings. The molecule has 0 bridgehead atoms. The molecule has 7 heteroatoms. The fourth-order valence-corrected chi connectivity index (χ4v) is 2.88. The number of nitrogens with zero attached hydrogens (tertiary/aromatic N) is 3. The molecule has 0 amide bonds. The monoisotopic (exact) mass is 347 g/mol. The quantitative estimate of drug-likeness (QED) is 0.559. The highest BCUT2D eigenvalue weighted by Gasteiger charge is 2.18. The van der Waals surface area contributed by atoms with Gasteiger partial charge in [0.15, 0.2) is 11.5 Å². The number of para-hydroxylation sites is 1. The van der Waals surface area contributed by atoms with E-state index >= 15 is 0 Å². The molecule has 1 aliphatic rings. The lowest BCUT2D eigenvalue weighted by atomic mass is 10.2. The molecule has 0 fully saturated rings. The van der Waals surface area contributed by atoms with E-state index in [4.69, 9.17) is 18.6 Å². The molecule has 0 spiro atoms. The zero-order chi connectivity index (χ0) is 17.5. The summed E-state index contributed by atoms with van der Waals surface area (Å²) in [5, 5.41) is 9.23. The zero-order valence-electron chi connectivity index (χ0n) is 13.8. The number of hydrogen-bond acceptors (Lipinski definition) is 7. The Labute approximate surface area is 148 Å². The van der Waals surface area contributed by atoms with E-state index in [1.54, 1.807) is 7.11 Å². The van der Waals surface area contributed by atoms with Crippen LogP contribution in [0.1, 0.15) is 0 Å². The molecule has 2 aromatic carbocycles. The number of fused-ring (bicyclic) bond motifs is 2. The lowest BCUT2D eigenvalue weighted by Gasteiger charge is -2.05. The predicted molar refractivity (Wildman–Crippen MR) is 93.1 cm³/mol. The van der Waals surface area contributed by atoms with Gasteiger partial charge >= 0.3 is 0 Å². The summed E-state index contributed by atoms with van der Waals surface area (Å²) in [6, 6.07) is 15.0. The first-order valence-corrected chi connectivity index (χ1v) is 7.99. The Balaban J connectivity index is 1.55. The number of pyridine rings is 1. The van der Waals surface area contributed by atoms with E-state index in [0.29, 0.717) is 34.7 Å². The van der Waals surface area contributed by atoms with Gasteiger partial charge in [0, 0.05) is 10.9 Å². The molecule has 0 aliphatic carbocycles. The highest BCUT2D eigenvalue weighted by atomic mass is 16.7. The van der Waals surface area contributed by atoms with E-state index < -0.39 is 0 Å². The maximum absolute atomic E-state index is 5.82. The highest BCUT2D eigenvalue weighted by Crippen LogP contribution is 2.36. The first kappa shape index (κ1) is 14.7. The molecule has 0 saturated carbocycles. The number of aromatic nitrogens is 3. The SMILES string of the molecule is COc1cccc2ccc(-c3nnc(-c4ccc5c(c4)OCO5)o3)nc12. The van der Waals surface area contributed by atoms with Crippen molar-refractivity contribution < 1.29 is 18.6 Å². The summed E-state index contributed by atoms with van der Waals surface area (Å²) >= 11 is 0. The minimum absolute atomic E-state index is 0.219. The van der Waals surface area contributed by atoms with E-state index in [1.807, 2.05) is 48.5 Å². The molecule has 5 rings (SSSR count). The maximum atomic E-state index is 5.82. The standard InChI is InChI=1S/C19H13N3O4/c1-23-15-4-2-3-11-5-7-13(20-17(11)15)19-22-21-18(26-19)12-6-8-14-16(9-12)25-10-24-14/h2-9H,10H2,1H3. The van der Waals surface area contributed by atoms with Gasteiger partial charge in [-0.15, -0.1) is 10.2 Å². The van der Waals surface area contributed by atoms with Crippen molar-refractivity contribution in [2.75, 3.05) is 13.9 Å². The van der Waals surface area contributed by atoms with E-state index in [0.717, 1.165) is 16.5 Å². The van der Waals surface area contributed by atoms with Crippen LogP contribution in [-0.2, 0) is 0 Å². The molecule has 7 nitrogen and oxygen atoms in total. The van der Waals surface area contributed by atoms with Crippen LogP contribution >= 0.6 is 0 Å². The van der Waals surface area contributed by atoms with Crippen LogP contribution < -0.4 is 14.2 Å². The normalized spacial score (nSPS) is 12.5. The van der Waals surface area contributed by atoms with Crippen molar-refractivity contribution >= 4 is 10.9 Å². The lowest BCUT2D eigenvalue weighted by Crippen LogP contribution is -1.92. The lowest BCUT2D eigenvalue weighted by molar-refractivity contribution is 0.174. The van der Waals surface area contributed by atoms with Gasteiger partial charge in [-0.1, -0.05) is 18.2 Å². The molecule has 1 aliphatic heterocycles. The number of hydrogen-bond donors (Lipinski definition) is 0. The summed E-state index contributed by atoms with van der Waals surface area (Å²) in [5.41, 5.74) is 2.09. The van der Waals surface area contributed by atoms with E-state index in [2.05, 4.69) is 15.2 Å². The van der Waals surface area contributed by atoms with Crippen LogP contribution in [0, 0.1) is 0 Å². The van der Waals surface area contributed by atoms with Gasteiger partial charge in [0.2, 0.25) is 12.7 Å². The van der Waals surface area contributed by atoms with Crippen LogP contribution in [-0.4, -0.2) is 29.1 Å². The third kappa shape index (κ3) is 2.33. The highest BCUT2D eigenvalue weighted by molar-refractivity contribution is 5.86. The Bertz CT molecular complexity index is 1120. The molecule has 128 valence electrons. The fraction of sp³-hybridized carbons (Fsp3) is 0.105. The van der Waals surface area contributed by atoms with Crippen LogP contribution in [0.25, 0.3) is 33.9 Å². The average Bonchev–Trinajstić information content (AvgIpc) is 3.35. The second kappa shape index (κ2) is 5.73. The van der Waals surface area contributed by atoms with Crippen molar-refractivity contribution in [3.63, 3.8) is 0 Å². The summed E-state index contributed by atoms with van der Waals surface area (Å²) in [5.74, 6) is 2.79. The second-order valence-corrected chi connectivity index (χ2v) is 5.71. The molecule has 2 aromatic heterocycles. The van der Waals surface area contributed by atoms with Crippen molar-refractivity contribution in [2.45, 2.75) is 0 Å². The molecular weight excluding hydrogens is 334 g/mol. The molecule has 3 heterocycles. The Morgan fingerprint density at radius 1 is 0.923 bits per heavy atom. The predicted octanol–water partition coefficient (Wildman–Crippen LogP) is 3.69. The van der Waals surface area contributed by atoms with E-state index in [-0.39, 0.29) is 6.79 Å². The number of benzene rings is 2. The van der Waals surface area contributed by atoms with Gasteiger partial charge in [0.05, 0.1) is 7.11 Å². The van der Waals surface area contributed by atoms with Crippen molar-refractivity contribution in [1.29, 1.82) is 0 Å². The van der Waals surface area contributed by atoms with Gasteiger partial charge in [-0.05, 0) is 30.3 Å². The average molecular weight is 347 g/mol. The van der Waals surface area contributed by atoms with Crippen molar-refractivity contribution in [3.05, 3.63) is 48.5 Å². The zero-order valence-corrected chi connectivity index (χ0v) is 13.8. The number of methoxy groups -OCH3 is 1. The molecule has 0 atom stereocenters. The molecule has 0 N–H and O–H groups in total. The summed E-state index contributed by atoms with van der Waals surface area (Å²) in [4.78, 5) is 4.62. The van der Waals surface area contributed by atoms with Gasteiger partial charge in [-0.2, -0.15) is 0 Å². The largest absolute Gasteiger partial charge is 0.494 e.